The minimum Gasteiger partial charge on any atom is -0.311 e. The largest absolute Gasteiger partial charge is 0.311 e. The fourth-order valence-corrected chi connectivity index (χ4v) is 0.723. The predicted octanol–water partition coefficient (Wildman–Crippen LogP) is 1.40. The van der Waals surface area contributed by atoms with Gasteiger partial charge in [-0.3, -0.25) is 0 Å². The van der Waals surface area contributed by atoms with Gasteiger partial charge in [0.15, 0.2) is 5.41 Å². The van der Waals surface area contributed by atoms with Crippen LogP contribution < -0.4 is 0 Å². The summed E-state index contributed by atoms with van der Waals surface area (Å²) < 4.78 is 12.3. The van der Waals surface area contributed by atoms with Crippen LogP contribution in [0.5, 0.6) is 0 Å². The molecule has 0 saturated heterocycles. The van der Waals surface area contributed by atoms with Crippen LogP contribution >= 0.6 is 0 Å². The summed E-state index contributed by atoms with van der Waals surface area (Å²) in [7, 11) is 0. The Labute approximate surface area is 52.1 Å². The van der Waals surface area contributed by atoms with E-state index in [1.165, 1.54) is 6.92 Å². The lowest BCUT2D eigenvalue weighted by molar-refractivity contribution is 0.623. The maximum Gasteiger partial charge on any atom is 0.166 e. The molecule has 0 aromatic carbocycles. The van der Waals surface area contributed by atoms with Crippen LogP contribution in [0.4, 0.5) is 4.39 Å². The fraction of sp³-hybridized carbons (Fsp3) is 0.333. The maximum atomic E-state index is 12.3. The average molecular weight is 124 g/mol. The number of rotatable bonds is 1. The van der Waals surface area contributed by atoms with Crippen molar-refractivity contribution < 1.29 is 4.39 Å². The van der Waals surface area contributed by atoms with Gasteiger partial charge >= 0.3 is 0 Å². The van der Waals surface area contributed by atoms with Crippen LogP contribution in [0.25, 0.3) is 0 Å². The van der Waals surface area contributed by atoms with Crippen LogP contribution in [0, 0.1) is 22.2 Å². The van der Waals surface area contributed by atoms with Gasteiger partial charge in [0.05, 0.1) is 6.07 Å². The number of nitriles is 1. The zero-order chi connectivity index (χ0) is 7.07. The van der Waals surface area contributed by atoms with Crippen molar-refractivity contribution in [2.24, 2.45) is 5.41 Å². The van der Waals surface area contributed by atoms with Gasteiger partial charge in [-0.25, -0.2) is 4.39 Å². The SMILES string of the molecule is CC1=C(F)C1(C#N)C=N. The minimum atomic E-state index is -1.24. The van der Waals surface area contributed by atoms with Crippen molar-refractivity contribution >= 4 is 6.21 Å². The van der Waals surface area contributed by atoms with E-state index in [1.54, 1.807) is 6.07 Å². The van der Waals surface area contributed by atoms with Crippen LogP contribution in [0.3, 0.4) is 0 Å². The topological polar surface area (TPSA) is 47.6 Å². The molecule has 0 aromatic heterocycles. The summed E-state index contributed by atoms with van der Waals surface area (Å²) in [6, 6.07) is 1.71. The molecule has 46 valence electrons. The molecule has 0 bridgehead atoms. The van der Waals surface area contributed by atoms with E-state index in [2.05, 4.69) is 0 Å². The van der Waals surface area contributed by atoms with Gasteiger partial charge < -0.3 is 5.41 Å². The van der Waals surface area contributed by atoms with Gasteiger partial charge in [0, 0.05) is 6.21 Å². The third-order valence-electron chi connectivity index (χ3n) is 1.60. The molecular formula is C6H5FN2. The molecule has 1 atom stereocenters. The Morgan fingerprint density at radius 3 is 2.33 bits per heavy atom. The Morgan fingerprint density at radius 2 is 2.33 bits per heavy atom. The van der Waals surface area contributed by atoms with Crippen LogP contribution in [0.15, 0.2) is 11.4 Å². The zero-order valence-electron chi connectivity index (χ0n) is 4.90. The number of nitrogens with zero attached hydrogens (tertiary/aromatic N) is 1. The lowest BCUT2D eigenvalue weighted by atomic mass is 10.1. The Kier molecular flexibility index (Phi) is 0.934. The van der Waals surface area contributed by atoms with Gasteiger partial charge in [-0.1, -0.05) is 0 Å². The van der Waals surface area contributed by atoms with Crippen molar-refractivity contribution in [3.8, 4) is 6.07 Å². The number of halogens is 1. The Morgan fingerprint density at radius 1 is 1.89 bits per heavy atom. The van der Waals surface area contributed by atoms with Gasteiger partial charge in [0.2, 0.25) is 0 Å². The molecule has 1 aliphatic rings. The summed E-state index contributed by atoms with van der Waals surface area (Å²) in [5.74, 6) is -0.458. The lowest BCUT2D eigenvalue weighted by Crippen LogP contribution is -2.02. The fourth-order valence-electron chi connectivity index (χ4n) is 0.723. The summed E-state index contributed by atoms with van der Waals surface area (Å²) >= 11 is 0. The second kappa shape index (κ2) is 1.41. The standard InChI is InChI=1S/C6H5FN2/c1-4-5(7)6(4,2-8)3-9/h2,8H,1H3. The van der Waals surface area contributed by atoms with E-state index >= 15 is 0 Å². The monoisotopic (exact) mass is 124 g/mol. The van der Waals surface area contributed by atoms with E-state index in [1.807, 2.05) is 0 Å². The molecule has 0 fully saturated rings. The van der Waals surface area contributed by atoms with Crippen molar-refractivity contribution in [3.63, 3.8) is 0 Å². The highest BCUT2D eigenvalue weighted by atomic mass is 19.1. The molecule has 0 saturated carbocycles. The highest BCUT2D eigenvalue weighted by molar-refractivity contribution is 5.84. The van der Waals surface area contributed by atoms with Crippen molar-refractivity contribution in [1.29, 1.82) is 10.7 Å². The molecule has 1 aliphatic carbocycles. The zero-order valence-corrected chi connectivity index (χ0v) is 4.90. The summed E-state index contributed by atoms with van der Waals surface area (Å²) in [5.41, 5.74) is -0.861. The molecule has 1 unspecified atom stereocenters. The number of hydrogen-bond acceptors (Lipinski definition) is 2. The first kappa shape index (κ1) is 5.96. The van der Waals surface area contributed by atoms with E-state index in [9.17, 15) is 4.39 Å². The second-order valence-corrected chi connectivity index (χ2v) is 2.00. The molecule has 1 N–H and O–H groups in total. The maximum absolute atomic E-state index is 12.3. The quantitative estimate of drug-likeness (QED) is 0.527. The normalized spacial score (nSPS) is 31.7. The van der Waals surface area contributed by atoms with Gasteiger partial charge in [-0.15, -0.1) is 0 Å². The van der Waals surface area contributed by atoms with Gasteiger partial charge in [-0.05, 0) is 12.5 Å². The smallest absolute Gasteiger partial charge is 0.166 e. The van der Waals surface area contributed by atoms with Crippen LogP contribution in [0.2, 0.25) is 0 Å². The summed E-state index contributed by atoms with van der Waals surface area (Å²) in [5, 5.41) is 15.0. The van der Waals surface area contributed by atoms with E-state index in [4.69, 9.17) is 10.7 Å². The number of nitrogens with one attached hydrogen (secondary N) is 1. The Hall–Kier alpha value is -1.17. The molecule has 3 heteroatoms. The predicted molar refractivity (Wildman–Crippen MR) is 30.6 cm³/mol. The third kappa shape index (κ3) is 0.449. The van der Waals surface area contributed by atoms with Crippen molar-refractivity contribution in [2.75, 3.05) is 0 Å². The molecule has 0 radical (unpaired) electrons. The van der Waals surface area contributed by atoms with Crippen molar-refractivity contribution in [1.82, 2.24) is 0 Å². The van der Waals surface area contributed by atoms with Crippen LogP contribution in [0.1, 0.15) is 6.92 Å². The molecule has 0 heterocycles. The molecular weight excluding hydrogens is 119 g/mol. The molecule has 0 spiro atoms. The van der Waals surface area contributed by atoms with Crippen LogP contribution in [-0.4, -0.2) is 6.21 Å². The molecule has 9 heavy (non-hydrogen) atoms. The van der Waals surface area contributed by atoms with Crippen molar-refractivity contribution in [2.45, 2.75) is 6.92 Å². The van der Waals surface area contributed by atoms with Crippen LogP contribution in [-0.2, 0) is 0 Å². The second-order valence-electron chi connectivity index (χ2n) is 2.00. The third-order valence-corrected chi connectivity index (χ3v) is 1.60. The number of hydrogen-bond donors (Lipinski definition) is 1. The number of allylic oxidation sites excluding steroid dienone is 2. The summed E-state index contributed by atoms with van der Waals surface area (Å²) in [6.07, 6.45) is 0.831. The lowest BCUT2D eigenvalue weighted by Gasteiger charge is -1.93. The first-order valence-corrected chi connectivity index (χ1v) is 2.49. The van der Waals surface area contributed by atoms with Gasteiger partial charge in [-0.2, -0.15) is 5.26 Å². The Balaban J connectivity index is 2.89. The molecule has 2 nitrogen and oxygen atoms in total. The van der Waals surface area contributed by atoms with E-state index in [0.717, 1.165) is 6.21 Å². The summed E-state index contributed by atoms with van der Waals surface area (Å²) in [6.45, 7) is 1.52. The summed E-state index contributed by atoms with van der Waals surface area (Å²) in [4.78, 5) is 0. The molecule has 0 aliphatic heterocycles. The van der Waals surface area contributed by atoms with E-state index < -0.39 is 11.2 Å². The first-order valence-electron chi connectivity index (χ1n) is 2.49. The van der Waals surface area contributed by atoms with Crippen molar-refractivity contribution in [3.05, 3.63) is 11.4 Å². The molecule has 0 amide bonds. The van der Waals surface area contributed by atoms with E-state index in [-0.39, 0.29) is 0 Å². The minimum absolute atomic E-state index is 0.375. The highest BCUT2D eigenvalue weighted by Crippen LogP contribution is 2.50. The molecule has 1 rings (SSSR count). The van der Waals surface area contributed by atoms with Gasteiger partial charge in [0.1, 0.15) is 5.83 Å². The average Bonchev–Trinajstić information content (AvgIpc) is 2.39. The molecule has 0 aromatic rings. The van der Waals surface area contributed by atoms with Gasteiger partial charge in [0.25, 0.3) is 0 Å². The Bertz CT molecular complexity index is 222. The first-order chi connectivity index (χ1) is 4.19. The van der Waals surface area contributed by atoms with E-state index in [0.29, 0.717) is 5.57 Å². The highest BCUT2D eigenvalue weighted by Gasteiger charge is 2.51.